The lowest BCUT2D eigenvalue weighted by atomic mass is 9.75. The monoisotopic (exact) mass is 607 g/mol. The molecule has 3 aromatic carbocycles. The van der Waals surface area contributed by atoms with Crippen LogP contribution in [-0.4, -0.2) is 18.2 Å². The summed E-state index contributed by atoms with van der Waals surface area (Å²) in [4.78, 5) is 11.9. The Morgan fingerprint density at radius 3 is 2.67 bits per heavy atom. The largest absolute Gasteiger partial charge is 0.493 e. The van der Waals surface area contributed by atoms with Gasteiger partial charge in [-0.2, -0.15) is 0 Å². The molecular weight excluding hydrogens is 589 g/mol. The first kappa shape index (κ1) is 25.3. The maximum Gasteiger partial charge on any atom is 0.336 e. The summed E-state index contributed by atoms with van der Waals surface area (Å²) in [6.45, 7) is 0.238. The summed E-state index contributed by atoms with van der Waals surface area (Å²) in [7, 11) is 1.59. The number of aromatic carboxylic acids is 1. The van der Waals surface area contributed by atoms with Gasteiger partial charge in [0.15, 0.2) is 11.5 Å². The minimum atomic E-state index is -0.964. The summed E-state index contributed by atoms with van der Waals surface area (Å²) >= 11 is 22.5. The van der Waals surface area contributed by atoms with Crippen molar-refractivity contribution in [2.24, 2.45) is 5.92 Å². The third-order valence-electron chi connectivity index (χ3n) is 6.70. The summed E-state index contributed by atoms with van der Waals surface area (Å²) in [6.07, 6.45) is 4.99. The first-order chi connectivity index (χ1) is 17.3. The van der Waals surface area contributed by atoms with Gasteiger partial charge in [0.2, 0.25) is 0 Å². The molecule has 1 aliphatic heterocycles. The Morgan fingerprint density at radius 2 is 1.94 bits per heavy atom. The number of methoxy groups -OCH3 is 1. The van der Waals surface area contributed by atoms with Gasteiger partial charge in [-0.3, -0.25) is 0 Å². The molecule has 2 N–H and O–H groups in total. The zero-order valence-corrected chi connectivity index (χ0v) is 22.9. The Kier molecular flexibility index (Phi) is 7.14. The number of hydrogen-bond acceptors (Lipinski definition) is 4. The quantitative estimate of drug-likeness (QED) is 0.274. The third kappa shape index (κ3) is 4.56. The van der Waals surface area contributed by atoms with E-state index in [-0.39, 0.29) is 30.0 Å². The molecule has 0 bridgehead atoms. The van der Waals surface area contributed by atoms with Crippen LogP contribution >= 0.6 is 50.7 Å². The Bertz CT molecular complexity index is 1390. The van der Waals surface area contributed by atoms with E-state index in [2.05, 4.69) is 33.4 Å². The molecule has 1 heterocycles. The Morgan fingerprint density at radius 1 is 1.14 bits per heavy atom. The highest BCUT2D eigenvalue weighted by Crippen LogP contribution is 2.53. The molecule has 9 heteroatoms. The van der Waals surface area contributed by atoms with Crippen LogP contribution in [0.2, 0.25) is 15.1 Å². The summed E-state index contributed by atoms with van der Waals surface area (Å²) in [5.74, 6) is 0.198. The topological polar surface area (TPSA) is 67.8 Å². The van der Waals surface area contributed by atoms with Gasteiger partial charge in [-0.1, -0.05) is 53.0 Å². The van der Waals surface area contributed by atoms with Crippen LogP contribution in [0.1, 0.15) is 45.4 Å². The Labute approximate surface area is 232 Å². The highest BCUT2D eigenvalue weighted by molar-refractivity contribution is 9.10. The molecule has 3 aromatic rings. The minimum absolute atomic E-state index is 0.0659. The summed E-state index contributed by atoms with van der Waals surface area (Å²) in [5.41, 5.74) is 3.42. The van der Waals surface area contributed by atoms with E-state index in [9.17, 15) is 9.90 Å². The second kappa shape index (κ2) is 10.2. The van der Waals surface area contributed by atoms with Crippen molar-refractivity contribution in [2.45, 2.75) is 25.0 Å². The first-order valence-corrected chi connectivity index (χ1v) is 13.1. The number of carboxylic acid groups (broad SMARTS) is 1. The Balaban J connectivity index is 1.50. The number of fused-ring (bicyclic) bond motifs is 3. The SMILES string of the molecule is COc1cc([C@@H]2Nc3c(Cl)ccc(C(=O)O)c3[C@@H]3C=CC[C@@H]32)cc(Br)c1OCc1ccc(Cl)cc1Cl. The standard InChI is InChI=1S/C27H21BrCl3NO4/c1-35-22-10-14(9-19(28)26(22)36-12-13-5-6-15(29)11-21(13)31)24-17-4-2-3-16(17)23-18(27(33)34)7-8-20(30)25(23)32-24/h2-3,5-11,16-17,24,32H,4,12H2,1H3,(H,33,34)/t16-,17+,24+/m1/s1. The first-order valence-electron chi connectivity index (χ1n) is 11.2. The maximum absolute atomic E-state index is 11.9. The van der Waals surface area contributed by atoms with E-state index in [1.807, 2.05) is 18.2 Å². The number of allylic oxidation sites excluding steroid dienone is 2. The van der Waals surface area contributed by atoms with Crippen LogP contribution in [-0.2, 0) is 6.61 Å². The van der Waals surface area contributed by atoms with Crippen LogP contribution < -0.4 is 14.8 Å². The van der Waals surface area contributed by atoms with E-state index >= 15 is 0 Å². The van der Waals surface area contributed by atoms with Crippen molar-refractivity contribution < 1.29 is 19.4 Å². The van der Waals surface area contributed by atoms with Crippen LogP contribution in [0.3, 0.4) is 0 Å². The lowest BCUT2D eigenvalue weighted by Crippen LogP contribution is -2.30. The predicted molar refractivity (Wildman–Crippen MR) is 146 cm³/mol. The van der Waals surface area contributed by atoms with Gasteiger partial charge in [-0.15, -0.1) is 0 Å². The molecule has 0 amide bonds. The number of benzene rings is 3. The van der Waals surface area contributed by atoms with Gasteiger partial charge in [0.25, 0.3) is 0 Å². The lowest BCUT2D eigenvalue weighted by molar-refractivity contribution is 0.0695. The van der Waals surface area contributed by atoms with E-state index in [4.69, 9.17) is 44.3 Å². The number of hydrogen-bond donors (Lipinski definition) is 2. The van der Waals surface area contributed by atoms with Gasteiger partial charge >= 0.3 is 5.97 Å². The fourth-order valence-electron chi connectivity index (χ4n) is 5.04. The number of carbonyl (C=O) groups is 1. The molecule has 0 saturated carbocycles. The average molecular weight is 610 g/mol. The summed E-state index contributed by atoms with van der Waals surface area (Å²) < 4.78 is 12.5. The van der Waals surface area contributed by atoms with Gasteiger partial charge in [0.05, 0.1) is 33.9 Å². The van der Waals surface area contributed by atoms with Crippen LogP contribution in [0.15, 0.2) is 59.1 Å². The molecule has 5 nitrogen and oxygen atoms in total. The molecule has 0 unspecified atom stereocenters. The van der Waals surface area contributed by atoms with Gasteiger partial charge < -0.3 is 19.9 Å². The van der Waals surface area contributed by atoms with Gasteiger partial charge in [-0.25, -0.2) is 4.79 Å². The summed E-state index contributed by atoms with van der Waals surface area (Å²) in [6, 6.07) is 12.3. The van der Waals surface area contributed by atoms with Crippen LogP contribution in [0.25, 0.3) is 0 Å². The van der Waals surface area contributed by atoms with Crippen molar-refractivity contribution in [1.29, 1.82) is 0 Å². The molecule has 0 fully saturated rings. The maximum atomic E-state index is 11.9. The van der Waals surface area contributed by atoms with E-state index in [1.54, 1.807) is 31.4 Å². The molecule has 2 aliphatic rings. The molecule has 0 saturated heterocycles. The predicted octanol–water partition coefficient (Wildman–Crippen LogP) is 8.52. The second-order valence-electron chi connectivity index (χ2n) is 8.72. The van der Waals surface area contributed by atoms with Gasteiger partial charge in [-0.05, 0) is 75.8 Å². The second-order valence-corrected chi connectivity index (χ2v) is 10.8. The molecule has 5 rings (SSSR count). The molecule has 0 radical (unpaired) electrons. The highest BCUT2D eigenvalue weighted by atomic mass is 79.9. The highest BCUT2D eigenvalue weighted by Gasteiger charge is 2.41. The number of nitrogens with one attached hydrogen (secondary N) is 1. The Hall–Kier alpha value is -2.38. The lowest BCUT2D eigenvalue weighted by Gasteiger charge is -2.38. The van der Waals surface area contributed by atoms with Crippen molar-refractivity contribution in [2.75, 3.05) is 12.4 Å². The normalized spacial score (nSPS) is 19.9. The minimum Gasteiger partial charge on any atom is -0.493 e. The van der Waals surface area contributed by atoms with Gasteiger partial charge in [0, 0.05) is 21.5 Å². The van der Waals surface area contributed by atoms with Crippen LogP contribution in [0.5, 0.6) is 11.5 Å². The molecule has 1 aliphatic carbocycles. The molecular formula is C27H21BrCl3NO4. The zero-order chi connectivity index (χ0) is 25.6. The van der Waals surface area contributed by atoms with E-state index < -0.39 is 5.97 Å². The molecule has 0 aromatic heterocycles. The number of carboxylic acids is 1. The van der Waals surface area contributed by atoms with E-state index in [1.165, 1.54) is 0 Å². The van der Waals surface area contributed by atoms with Crippen molar-refractivity contribution >= 4 is 62.4 Å². The van der Waals surface area contributed by atoms with Crippen LogP contribution in [0, 0.1) is 5.92 Å². The van der Waals surface area contributed by atoms with Gasteiger partial charge in [0.1, 0.15) is 6.61 Å². The smallest absolute Gasteiger partial charge is 0.336 e. The number of ether oxygens (including phenoxy) is 2. The van der Waals surface area contributed by atoms with E-state index in [0.29, 0.717) is 32.3 Å². The van der Waals surface area contributed by atoms with Crippen molar-refractivity contribution in [1.82, 2.24) is 0 Å². The molecule has 3 atom stereocenters. The summed E-state index contributed by atoms with van der Waals surface area (Å²) in [5, 5.41) is 14.9. The van der Waals surface area contributed by atoms with Crippen molar-refractivity contribution in [3.8, 4) is 11.5 Å². The fourth-order valence-corrected chi connectivity index (χ4v) is 6.30. The molecule has 186 valence electrons. The average Bonchev–Trinajstić information content (AvgIpc) is 3.33. The molecule has 36 heavy (non-hydrogen) atoms. The van der Waals surface area contributed by atoms with E-state index in [0.717, 1.165) is 27.6 Å². The number of rotatable bonds is 6. The third-order valence-corrected chi connectivity index (χ3v) is 8.19. The zero-order valence-electron chi connectivity index (χ0n) is 19.0. The van der Waals surface area contributed by atoms with Crippen molar-refractivity contribution in [3.05, 3.63) is 96.4 Å². The fraction of sp³-hybridized carbons (Fsp3) is 0.222. The molecule has 0 spiro atoms. The van der Waals surface area contributed by atoms with Crippen LogP contribution in [0.4, 0.5) is 5.69 Å². The van der Waals surface area contributed by atoms with Crippen molar-refractivity contribution in [3.63, 3.8) is 0 Å². The number of anilines is 1. The number of halogens is 4.